The lowest BCUT2D eigenvalue weighted by Crippen LogP contribution is -2.48. The van der Waals surface area contributed by atoms with Gasteiger partial charge in [-0.3, -0.25) is 29.4 Å². The number of hydrogen-bond acceptors (Lipinski definition) is 24. The SMILES string of the molecule is [2H]C([2H])([2H])Oc1cc2c(cc1OC)CCN1CC(CC(C)C)C(O)CC21[2H].[2H]C([2H])([2H])Oc1cc2c(cc1OC)CCN1CC([2H])(C([2H])([2H])C(C)(C([2H])([2H])[2H])C([2H])([2H])[2H])C([2H])(O)C([2H])([2H])C21.[2H]C([2H])([2H])Oc1cc2c(cc1OC)CCN1CC([2H])(CC(C)C)C(O)C([2H])([2H])C21.[2H]C12CC(O)C(C([2H])([2H])C(C)(C([2H])([2H])[2H])C([2H])([2H])[2H])CN1CCc1cc(OC)c(OC)cc12.[2H]C12CC(O)C(CC(C)C)CN1CCc1cc(OC)c(OC)cc12.[2H]C12CC(O)C(CC(C)C)CN1CCc1cc(OC)c(OC)cc12. The van der Waals surface area contributed by atoms with Gasteiger partial charge in [0.05, 0.1) is 141 Å². The first-order valence-corrected chi connectivity index (χ1v) is 49.3. The van der Waals surface area contributed by atoms with E-state index >= 15 is 0 Å². The average molecular weight is 1980 g/mol. The van der Waals surface area contributed by atoms with Crippen LogP contribution in [0.1, 0.15) is 326 Å². The van der Waals surface area contributed by atoms with Gasteiger partial charge in [-0.25, -0.2) is 0 Å². The number of aliphatic hydroxyl groups excluding tert-OH is 5. The highest BCUT2D eigenvalue weighted by molar-refractivity contribution is 5.55. The van der Waals surface area contributed by atoms with Crippen LogP contribution in [-0.4, -0.2) is 260 Å². The van der Waals surface area contributed by atoms with Crippen LogP contribution in [0.15, 0.2) is 72.8 Å². The second-order valence-corrected chi connectivity index (χ2v) is 41.0. The summed E-state index contributed by atoms with van der Waals surface area (Å²) in [5.41, 5.74) is 3.23. The van der Waals surface area contributed by atoms with Crippen LogP contribution in [-0.2, 0) is 38.5 Å². The topological polar surface area (TPSA) is 252 Å². The van der Waals surface area contributed by atoms with Crippen molar-refractivity contribution in [3.05, 3.63) is 140 Å². The van der Waals surface area contributed by atoms with Crippen molar-refractivity contribution in [3.63, 3.8) is 0 Å². The van der Waals surface area contributed by atoms with Crippen LogP contribution >= 0.6 is 0 Å². The lowest BCUT2D eigenvalue weighted by atomic mass is 9.75. The van der Waals surface area contributed by atoms with Crippen molar-refractivity contribution in [2.75, 3.05) is 164 Å². The standard InChI is InChI=1S/2C20H31NO3.4C19H29NO3/c2*1-20(2,3)11-14-12-21-7-6-13-8-18(23-4)19(24-5)9-15(13)16(21)10-17(14)22;4*1-12(2)7-14-11-20-6-5-13-8-18(22-3)19(23-4)9-15(13)16(20)10-17(14)21/h2*8-9,14,16-17,22H,6-7,10-12H2,1-5H3;4*8-9,12,14,16-17,21H,5-7,10-11H2,1-4H3/i1D3,2D3,5D3,10D2,11D2,14D,17D;1D3,2D3,11D2,16D;4D3,10D2,14D;4D3,16D;2*16D. The van der Waals surface area contributed by atoms with Crippen molar-refractivity contribution in [1.82, 2.24) is 29.4 Å². The zero-order valence-electron chi connectivity index (χ0n) is 121. The molecule has 6 saturated heterocycles. The first kappa shape index (κ1) is 70.3. The zero-order valence-corrected chi connectivity index (χ0v) is 85.2. The van der Waals surface area contributed by atoms with Crippen molar-refractivity contribution in [2.45, 2.75) is 285 Å². The number of benzene rings is 6. The molecule has 0 bridgehead atoms. The molecule has 6 aromatic rings. The second-order valence-electron chi connectivity index (χ2n) is 41.0. The van der Waals surface area contributed by atoms with Gasteiger partial charge in [-0.05, 0) is 325 Å². The Bertz CT molecular complexity index is 6550. The monoisotopic (exact) mass is 1980 g/mol. The molecule has 780 valence electrons. The van der Waals surface area contributed by atoms with E-state index in [1.807, 2.05) is 43.0 Å². The van der Waals surface area contributed by atoms with Crippen molar-refractivity contribution in [2.24, 2.45) is 70.0 Å². The van der Waals surface area contributed by atoms with Gasteiger partial charge in [-0.2, -0.15) is 0 Å². The van der Waals surface area contributed by atoms with Gasteiger partial charge in [-0.15, -0.1) is 0 Å². The normalized spacial score (nSPS) is 36.5. The lowest BCUT2D eigenvalue weighted by Gasteiger charge is -2.47. The van der Waals surface area contributed by atoms with Gasteiger partial charge >= 0.3 is 0 Å². The van der Waals surface area contributed by atoms with Gasteiger partial charge < -0.3 is 87.5 Å². The minimum Gasteiger partial charge on any atom is -0.493 e. The Hall–Kier alpha value is -7.56. The Labute approximate surface area is 890 Å². The van der Waals surface area contributed by atoms with Crippen LogP contribution in [0.5, 0.6) is 69.0 Å². The number of aliphatic hydroxyl groups is 6. The fraction of sp³-hybridized carbons (Fsp3) is 0.690. The Balaban J connectivity index is 0.000000173. The number of ether oxygens (including phenoxy) is 12. The number of nitrogens with zero attached hydrogens (tertiary/aromatic N) is 6. The third-order valence-corrected chi connectivity index (χ3v) is 28.8. The number of hydrogen-bond donors (Lipinski definition) is 6. The molecule has 18 unspecified atom stereocenters. The predicted molar refractivity (Wildman–Crippen MR) is 556 cm³/mol. The van der Waals surface area contributed by atoms with Gasteiger partial charge in [0.2, 0.25) is 0 Å². The molecule has 12 aliphatic heterocycles. The van der Waals surface area contributed by atoms with Crippen LogP contribution in [0.4, 0.5) is 0 Å². The zero-order chi connectivity index (χ0) is 132. The molecule has 6 N–H and O–H groups in total. The maximum atomic E-state index is 11.4. The first-order chi connectivity index (χ1) is 80.7. The Kier molecular flexibility index (Phi) is 24.4. The molecule has 0 radical (unpaired) electrons. The summed E-state index contributed by atoms with van der Waals surface area (Å²) in [7, 11) is 5.50. The van der Waals surface area contributed by atoms with Crippen molar-refractivity contribution < 1.29 is 137 Å². The molecule has 0 aliphatic carbocycles. The summed E-state index contributed by atoms with van der Waals surface area (Å²) in [6.45, 7) is 9.86. The van der Waals surface area contributed by atoms with Gasteiger partial charge in [0.15, 0.2) is 69.0 Å². The van der Waals surface area contributed by atoms with E-state index in [9.17, 15) is 32.0 Å². The molecule has 0 saturated carbocycles. The molecular formula is C116H178N6O18. The van der Waals surface area contributed by atoms with E-state index in [2.05, 4.69) is 56.2 Å². The van der Waals surface area contributed by atoms with Crippen molar-refractivity contribution in [3.8, 4) is 69.0 Å². The van der Waals surface area contributed by atoms with Gasteiger partial charge in [-0.1, -0.05) is 96.6 Å². The van der Waals surface area contributed by atoms with E-state index < -0.39 is 182 Å². The van der Waals surface area contributed by atoms with Crippen LogP contribution in [0, 0.1) is 70.0 Å². The summed E-state index contributed by atoms with van der Waals surface area (Å²) < 4.78 is 358. The van der Waals surface area contributed by atoms with Crippen LogP contribution in [0.25, 0.3) is 0 Å². The molecule has 140 heavy (non-hydrogen) atoms. The highest BCUT2D eigenvalue weighted by Gasteiger charge is 2.47. The molecule has 24 nitrogen and oxygen atoms in total. The smallest absolute Gasteiger partial charge is 0.161 e. The number of piperidine rings is 6. The number of methoxy groups -OCH3 is 12. The summed E-state index contributed by atoms with van der Waals surface area (Å²) in [5.74, 6) is 0.673. The Morgan fingerprint density at radius 1 is 0.307 bits per heavy atom. The molecule has 6 aromatic carbocycles. The fourth-order valence-electron chi connectivity index (χ4n) is 22.3. The molecule has 24 heteroatoms. The fourth-order valence-corrected chi connectivity index (χ4v) is 22.3. The number of rotatable bonds is 22. The first-order valence-electron chi connectivity index (χ1n) is 67.3. The lowest BCUT2D eigenvalue weighted by molar-refractivity contribution is -0.0259. The number of fused-ring (bicyclic) bond motifs is 18. The van der Waals surface area contributed by atoms with Crippen LogP contribution in [0.3, 0.4) is 0 Å². The molecule has 0 spiro atoms. The predicted octanol–water partition coefficient (Wildman–Crippen LogP) is 19.0. The molecule has 6 fully saturated rings. The summed E-state index contributed by atoms with van der Waals surface area (Å²) in [4.78, 5) is 11.4. The molecule has 18 atom stereocenters. The molecule has 18 rings (SSSR count). The summed E-state index contributed by atoms with van der Waals surface area (Å²) >= 11 is 0. The minimum atomic E-state index is -3.69. The summed E-state index contributed by atoms with van der Waals surface area (Å²) in [5, 5.41) is 65.4. The summed E-state index contributed by atoms with van der Waals surface area (Å²) in [6.07, 6.45) is -11.6. The van der Waals surface area contributed by atoms with Gasteiger partial charge in [0.1, 0.15) is 0 Å². The van der Waals surface area contributed by atoms with Crippen molar-refractivity contribution in [1.29, 1.82) is 0 Å². The van der Waals surface area contributed by atoms with E-state index in [-0.39, 0.29) is 90.5 Å². The van der Waals surface area contributed by atoms with E-state index in [0.29, 0.717) is 145 Å². The molecule has 12 heterocycles. The average Bonchev–Trinajstić information content (AvgIpc) is 0.666. The van der Waals surface area contributed by atoms with Gasteiger partial charge in [0, 0.05) is 145 Å². The van der Waals surface area contributed by atoms with Crippen molar-refractivity contribution >= 4 is 0 Å². The van der Waals surface area contributed by atoms with E-state index in [1.165, 1.54) is 58.6 Å². The molecule has 0 aromatic heterocycles. The molecule has 12 aliphatic rings. The molecule has 0 amide bonds. The van der Waals surface area contributed by atoms with E-state index in [4.69, 9.17) is 105 Å². The van der Waals surface area contributed by atoms with Gasteiger partial charge in [0.25, 0.3) is 0 Å². The summed E-state index contributed by atoms with van der Waals surface area (Å²) in [6, 6.07) is 14.0. The third kappa shape index (κ3) is 26.3. The van der Waals surface area contributed by atoms with E-state index in [1.54, 1.807) is 63.7 Å². The largest absolute Gasteiger partial charge is 0.493 e. The highest BCUT2D eigenvalue weighted by atomic mass is 16.5. The second kappa shape index (κ2) is 48.6. The minimum absolute atomic E-state index is 0.0169. The Morgan fingerprint density at radius 3 is 0.836 bits per heavy atom. The maximum absolute atomic E-state index is 11.4. The van der Waals surface area contributed by atoms with Crippen LogP contribution in [0.2, 0.25) is 0 Å². The molecular weight excluding hydrogens is 1770 g/mol. The third-order valence-electron chi connectivity index (χ3n) is 28.8. The van der Waals surface area contributed by atoms with E-state index in [0.717, 1.165) is 117 Å². The van der Waals surface area contributed by atoms with Crippen LogP contribution < -0.4 is 56.8 Å². The highest BCUT2D eigenvalue weighted by Crippen LogP contribution is 2.53. The maximum Gasteiger partial charge on any atom is 0.161 e. The Morgan fingerprint density at radius 2 is 0.550 bits per heavy atom. The quantitative estimate of drug-likeness (QED) is 0.0369.